The van der Waals surface area contributed by atoms with Crippen molar-refractivity contribution in [1.82, 2.24) is 4.98 Å². The van der Waals surface area contributed by atoms with Gasteiger partial charge in [-0.05, 0) is 13.8 Å². The number of hydrogen-bond acceptors (Lipinski definition) is 4. The summed E-state index contributed by atoms with van der Waals surface area (Å²) in [4.78, 5) is 5.16. The molecule has 3 nitrogen and oxygen atoms in total. The third kappa shape index (κ3) is 1.34. The Balaban J connectivity index is 2.98. The van der Waals surface area contributed by atoms with Gasteiger partial charge >= 0.3 is 0 Å². The van der Waals surface area contributed by atoms with Gasteiger partial charge in [0.2, 0.25) is 0 Å². The summed E-state index contributed by atoms with van der Waals surface area (Å²) in [5, 5.41) is 9.48. The second-order valence-electron chi connectivity index (χ2n) is 2.14. The quantitative estimate of drug-likeness (QED) is 0.592. The van der Waals surface area contributed by atoms with Crippen molar-refractivity contribution in [3.63, 3.8) is 0 Å². The number of hydrogen-bond donors (Lipinski definition) is 2. The molecule has 56 valence electrons. The van der Waals surface area contributed by atoms with Crippen molar-refractivity contribution in [2.75, 3.05) is 0 Å². The molecule has 0 fully saturated rings. The molecular weight excluding hydrogens is 148 g/mol. The molecule has 3 N–H and O–H groups in total. The Morgan fingerprint density at radius 2 is 2.20 bits per heavy atom. The van der Waals surface area contributed by atoms with Crippen LogP contribution in [0.2, 0.25) is 0 Å². The van der Waals surface area contributed by atoms with Gasteiger partial charge in [0.15, 0.2) is 6.23 Å². The molecule has 0 aliphatic carbocycles. The Kier molecular flexibility index (Phi) is 2.03. The molecule has 4 heteroatoms. The second kappa shape index (κ2) is 2.65. The zero-order valence-electron chi connectivity index (χ0n) is 5.96. The highest BCUT2D eigenvalue weighted by atomic mass is 32.1. The van der Waals surface area contributed by atoms with Crippen LogP contribution in [-0.4, -0.2) is 10.1 Å². The van der Waals surface area contributed by atoms with Crippen LogP contribution in [0.4, 0.5) is 0 Å². The van der Waals surface area contributed by atoms with Gasteiger partial charge in [-0.25, -0.2) is 4.98 Å². The van der Waals surface area contributed by atoms with Crippen molar-refractivity contribution in [3.05, 3.63) is 15.6 Å². The van der Waals surface area contributed by atoms with E-state index in [9.17, 15) is 0 Å². The molecule has 0 aromatic carbocycles. The van der Waals surface area contributed by atoms with Gasteiger partial charge in [0.25, 0.3) is 0 Å². The molecular formula is C6H10N2OS. The van der Waals surface area contributed by atoms with Gasteiger partial charge in [0.05, 0.1) is 5.69 Å². The minimum atomic E-state index is -0.919. The lowest BCUT2D eigenvalue weighted by Gasteiger charge is -1.94. The molecule has 0 aliphatic heterocycles. The van der Waals surface area contributed by atoms with Gasteiger partial charge in [-0.3, -0.25) is 0 Å². The van der Waals surface area contributed by atoms with Crippen molar-refractivity contribution in [2.45, 2.75) is 20.1 Å². The Morgan fingerprint density at radius 1 is 1.60 bits per heavy atom. The van der Waals surface area contributed by atoms with Gasteiger partial charge in [0.1, 0.15) is 5.01 Å². The molecule has 1 aromatic rings. The molecule has 0 radical (unpaired) electrons. The van der Waals surface area contributed by atoms with Crippen molar-refractivity contribution in [2.24, 2.45) is 5.73 Å². The average molecular weight is 158 g/mol. The van der Waals surface area contributed by atoms with E-state index in [-0.39, 0.29) is 0 Å². The van der Waals surface area contributed by atoms with E-state index in [1.807, 2.05) is 13.8 Å². The maximum absolute atomic E-state index is 8.89. The summed E-state index contributed by atoms with van der Waals surface area (Å²) in [6, 6.07) is 0. The van der Waals surface area contributed by atoms with E-state index in [0.29, 0.717) is 5.01 Å². The standard InChI is InChI=1S/C6H10N2OS/c1-3-4(2)10-6(8-3)5(7)9/h5,9H,7H2,1-2H3. The van der Waals surface area contributed by atoms with E-state index in [1.54, 1.807) is 0 Å². The topological polar surface area (TPSA) is 59.1 Å². The number of aliphatic hydroxyl groups excluding tert-OH is 1. The third-order valence-corrected chi connectivity index (χ3v) is 2.44. The summed E-state index contributed by atoms with van der Waals surface area (Å²) in [6.45, 7) is 3.86. The van der Waals surface area contributed by atoms with Gasteiger partial charge in [0, 0.05) is 4.88 Å². The van der Waals surface area contributed by atoms with Crippen molar-refractivity contribution < 1.29 is 5.11 Å². The molecule has 1 aromatic heterocycles. The number of nitrogens with zero attached hydrogens (tertiary/aromatic N) is 1. The fourth-order valence-electron chi connectivity index (χ4n) is 0.624. The number of rotatable bonds is 1. The first-order chi connectivity index (χ1) is 4.61. The summed E-state index contributed by atoms with van der Waals surface area (Å²) >= 11 is 1.44. The predicted octanol–water partition coefficient (Wildman–Crippen LogP) is 0.710. The first-order valence-electron chi connectivity index (χ1n) is 2.99. The van der Waals surface area contributed by atoms with E-state index in [4.69, 9.17) is 10.8 Å². The van der Waals surface area contributed by atoms with Crippen molar-refractivity contribution in [1.29, 1.82) is 0 Å². The SMILES string of the molecule is Cc1nc(C(N)O)sc1C. The van der Waals surface area contributed by atoms with Crippen LogP contribution in [-0.2, 0) is 0 Å². The zero-order chi connectivity index (χ0) is 7.72. The van der Waals surface area contributed by atoms with Crippen LogP contribution in [0, 0.1) is 13.8 Å². The monoisotopic (exact) mass is 158 g/mol. The first-order valence-corrected chi connectivity index (χ1v) is 3.80. The Bertz CT molecular complexity index is 212. The lowest BCUT2D eigenvalue weighted by Crippen LogP contribution is -2.07. The Hall–Kier alpha value is -0.450. The van der Waals surface area contributed by atoms with Gasteiger partial charge in [-0.2, -0.15) is 0 Å². The molecule has 0 bridgehead atoms. The lowest BCUT2D eigenvalue weighted by atomic mass is 10.4. The van der Waals surface area contributed by atoms with E-state index in [0.717, 1.165) is 10.6 Å². The molecule has 0 amide bonds. The van der Waals surface area contributed by atoms with Crippen LogP contribution in [0.5, 0.6) is 0 Å². The van der Waals surface area contributed by atoms with E-state index in [1.165, 1.54) is 11.3 Å². The fraction of sp³-hybridized carbons (Fsp3) is 0.500. The number of aliphatic hydroxyl groups is 1. The second-order valence-corrected chi connectivity index (χ2v) is 3.37. The lowest BCUT2D eigenvalue weighted by molar-refractivity contribution is 0.185. The average Bonchev–Trinajstić information content (AvgIpc) is 2.13. The maximum Gasteiger partial charge on any atom is 0.155 e. The Morgan fingerprint density at radius 3 is 2.40 bits per heavy atom. The van der Waals surface area contributed by atoms with Crippen LogP contribution in [0.15, 0.2) is 0 Å². The van der Waals surface area contributed by atoms with Gasteiger partial charge in [-0.15, -0.1) is 11.3 Å². The molecule has 0 saturated carbocycles. The van der Waals surface area contributed by atoms with Crippen LogP contribution in [0.25, 0.3) is 0 Å². The minimum absolute atomic E-state index is 0.593. The predicted molar refractivity (Wildman–Crippen MR) is 40.7 cm³/mol. The normalized spacial score (nSPS) is 13.6. The number of aromatic nitrogens is 1. The summed E-state index contributed by atoms with van der Waals surface area (Å²) < 4.78 is 0. The third-order valence-electron chi connectivity index (χ3n) is 1.30. The van der Waals surface area contributed by atoms with E-state index < -0.39 is 6.23 Å². The fourth-order valence-corrected chi connectivity index (χ4v) is 1.43. The van der Waals surface area contributed by atoms with Crippen LogP contribution >= 0.6 is 11.3 Å². The first kappa shape index (κ1) is 7.65. The maximum atomic E-state index is 8.89. The summed E-state index contributed by atoms with van der Waals surface area (Å²) in [6.07, 6.45) is -0.919. The number of thiazole rings is 1. The summed E-state index contributed by atoms with van der Waals surface area (Å²) in [5.41, 5.74) is 6.15. The van der Waals surface area contributed by atoms with Crippen LogP contribution < -0.4 is 5.73 Å². The van der Waals surface area contributed by atoms with E-state index >= 15 is 0 Å². The zero-order valence-corrected chi connectivity index (χ0v) is 6.77. The molecule has 0 saturated heterocycles. The molecule has 1 rings (SSSR count). The molecule has 1 atom stereocenters. The van der Waals surface area contributed by atoms with Crippen LogP contribution in [0.3, 0.4) is 0 Å². The largest absolute Gasteiger partial charge is 0.372 e. The van der Waals surface area contributed by atoms with Crippen molar-refractivity contribution >= 4 is 11.3 Å². The van der Waals surface area contributed by atoms with Gasteiger partial charge < -0.3 is 10.8 Å². The molecule has 0 spiro atoms. The summed E-state index contributed by atoms with van der Waals surface area (Å²) in [5.74, 6) is 0. The molecule has 1 unspecified atom stereocenters. The highest BCUT2D eigenvalue weighted by molar-refractivity contribution is 7.11. The minimum Gasteiger partial charge on any atom is -0.372 e. The molecule has 1 heterocycles. The Labute approximate surface area is 63.5 Å². The smallest absolute Gasteiger partial charge is 0.155 e. The molecule has 10 heavy (non-hydrogen) atoms. The highest BCUT2D eigenvalue weighted by Gasteiger charge is 2.07. The van der Waals surface area contributed by atoms with Crippen LogP contribution in [0.1, 0.15) is 21.8 Å². The number of nitrogens with two attached hydrogens (primary N) is 1. The highest BCUT2D eigenvalue weighted by Crippen LogP contribution is 2.19. The van der Waals surface area contributed by atoms with Gasteiger partial charge in [-0.1, -0.05) is 0 Å². The molecule has 0 aliphatic rings. The van der Waals surface area contributed by atoms with E-state index in [2.05, 4.69) is 4.98 Å². The summed E-state index contributed by atoms with van der Waals surface area (Å²) in [7, 11) is 0. The van der Waals surface area contributed by atoms with Crippen molar-refractivity contribution in [3.8, 4) is 0 Å². The number of aryl methyl sites for hydroxylation is 2.